The molecule has 0 fully saturated rings. The van der Waals surface area contributed by atoms with Crippen LogP contribution in [0.15, 0.2) is 34.6 Å². The smallest absolute Gasteiger partial charge is 0.194 e. The van der Waals surface area contributed by atoms with Gasteiger partial charge in [-0.3, -0.25) is 4.99 Å². The predicted molar refractivity (Wildman–Crippen MR) is 99.2 cm³/mol. The van der Waals surface area contributed by atoms with Gasteiger partial charge < -0.3 is 10.2 Å². The van der Waals surface area contributed by atoms with Gasteiger partial charge >= 0.3 is 0 Å². The first-order valence-electron chi connectivity index (χ1n) is 8.04. The number of nitrogens with one attached hydrogen (secondary N) is 1. The van der Waals surface area contributed by atoms with E-state index < -0.39 is 0 Å². The van der Waals surface area contributed by atoms with E-state index in [4.69, 9.17) is 4.99 Å². The van der Waals surface area contributed by atoms with E-state index in [1.54, 1.807) is 11.3 Å². The van der Waals surface area contributed by atoms with Gasteiger partial charge in [-0.15, -0.1) is 11.3 Å². The highest BCUT2D eigenvalue weighted by Crippen LogP contribution is 2.10. The van der Waals surface area contributed by atoms with Crippen LogP contribution in [0.1, 0.15) is 28.8 Å². The second-order valence-corrected chi connectivity index (χ2v) is 6.75. The minimum Gasteiger partial charge on any atom is -0.357 e. The number of hydrogen-bond donors (Lipinski definition) is 1. The van der Waals surface area contributed by atoms with Crippen molar-refractivity contribution in [2.45, 2.75) is 33.7 Å². The summed E-state index contributed by atoms with van der Waals surface area (Å²) in [5.74, 6) is 0.936. The number of aromatic nitrogens is 1. The van der Waals surface area contributed by atoms with Crippen molar-refractivity contribution in [1.82, 2.24) is 15.2 Å². The molecule has 0 spiro atoms. The number of nitrogens with zero attached hydrogens (tertiary/aromatic N) is 3. The molecule has 4 nitrogen and oxygen atoms in total. The molecule has 2 aromatic rings. The van der Waals surface area contributed by atoms with Gasteiger partial charge in [0.25, 0.3) is 0 Å². The second kappa shape index (κ2) is 8.67. The monoisotopic (exact) mass is 330 g/mol. The summed E-state index contributed by atoms with van der Waals surface area (Å²) in [7, 11) is 2.06. The van der Waals surface area contributed by atoms with Crippen LogP contribution in [0, 0.1) is 13.8 Å². The first kappa shape index (κ1) is 17.5. The van der Waals surface area contributed by atoms with E-state index in [0.29, 0.717) is 0 Å². The summed E-state index contributed by atoms with van der Waals surface area (Å²) in [5, 5.41) is 6.58. The molecule has 0 saturated carbocycles. The quantitative estimate of drug-likeness (QED) is 0.652. The number of rotatable bonds is 6. The van der Waals surface area contributed by atoms with Crippen LogP contribution in [-0.2, 0) is 13.0 Å². The van der Waals surface area contributed by atoms with Gasteiger partial charge in [-0.25, -0.2) is 4.98 Å². The highest BCUT2D eigenvalue weighted by Gasteiger charge is 2.08. The first-order chi connectivity index (χ1) is 11.1. The Bertz CT molecular complexity index is 648. The van der Waals surface area contributed by atoms with Crippen molar-refractivity contribution in [3.05, 3.63) is 51.5 Å². The van der Waals surface area contributed by atoms with Gasteiger partial charge in [0.15, 0.2) is 5.96 Å². The van der Waals surface area contributed by atoms with E-state index in [9.17, 15) is 0 Å². The topological polar surface area (TPSA) is 40.5 Å². The fourth-order valence-electron chi connectivity index (χ4n) is 2.43. The van der Waals surface area contributed by atoms with Gasteiger partial charge in [-0.2, -0.15) is 0 Å². The standard InChI is InChI=1S/C18H26N4S/c1-5-19-18(22(4)12-17-13-23-15(3)21-17)20-10-9-16-8-6-7-14(2)11-16/h6-8,11,13H,5,9-10,12H2,1-4H3,(H,19,20). The van der Waals surface area contributed by atoms with Crippen molar-refractivity contribution in [3.63, 3.8) is 0 Å². The van der Waals surface area contributed by atoms with Crippen LogP contribution in [0.25, 0.3) is 0 Å². The lowest BCUT2D eigenvalue weighted by atomic mass is 10.1. The highest BCUT2D eigenvalue weighted by atomic mass is 32.1. The Hall–Kier alpha value is -1.88. The van der Waals surface area contributed by atoms with Crippen LogP contribution < -0.4 is 5.32 Å². The van der Waals surface area contributed by atoms with Gasteiger partial charge in [0.1, 0.15) is 0 Å². The van der Waals surface area contributed by atoms with Gasteiger partial charge in [0.2, 0.25) is 0 Å². The number of aliphatic imine (C=N–C) groups is 1. The molecular weight excluding hydrogens is 304 g/mol. The minimum atomic E-state index is 0.778. The maximum Gasteiger partial charge on any atom is 0.194 e. The molecule has 0 atom stereocenters. The molecule has 2 rings (SSSR count). The van der Waals surface area contributed by atoms with Crippen molar-refractivity contribution in [2.75, 3.05) is 20.1 Å². The lowest BCUT2D eigenvalue weighted by Gasteiger charge is -2.21. The first-order valence-corrected chi connectivity index (χ1v) is 8.92. The molecule has 0 aliphatic rings. The molecule has 1 N–H and O–H groups in total. The van der Waals surface area contributed by atoms with Crippen molar-refractivity contribution >= 4 is 17.3 Å². The molecule has 1 aromatic heterocycles. The van der Waals surface area contributed by atoms with Crippen molar-refractivity contribution in [3.8, 4) is 0 Å². The third-order valence-corrected chi connectivity index (χ3v) is 4.33. The molecular formula is C18H26N4S. The zero-order chi connectivity index (χ0) is 16.7. The fourth-order valence-corrected chi connectivity index (χ4v) is 3.03. The minimum absolute atomic E-state index is 0.778. The Morgan fingerprint density at radius 1 is 1.35 bits per heavy atom. The molecule has 0 unspecified atom stereocenters. The second-order valence-electron chi connectivity index (χ2n) is 5.69. The number of guanidine groups is 1. The van der Waals surface area contributed by atoms with Crippen LogP contribution in [0.5, 0.6) is 0 Å². The van der Waals surface area contributed by atoms with Crippen molar-refractivity contribution in [1.29, 1.82) is 0 Å². The van der Waals surface area contributed by atoms with Crippen LogP contribution in [0.4, 0.5) is 0 Å². The molecule has 1 aromatic carbocycles. The van der Waals surface area contributed by atoms with E-state index in [0.717, 1.165) is 42.7 Å². The van der Waals surface area contributed by atoms with E-state index in [2.05, 4.69) is 65.7 Å². The third-order valence-electron chi connectivity index (χ3n) is 3.51. The van der Waals surface area contributed by atoms with E-state index >= 15 is 0 Å². The maximum absolute atomic E-state index is 4.75. The average molecular weight is 331 g/mol. The maximum atomic E-state index is 4.75. The van der Waals surface area contributed by atoms with Gasteiger partial charge in [-0.05, 0) is 32.8 Å². The average Bonchev–Trinajstić information content (AvgIpc) is 2.91. The predicted octanol–water partition coefficient (Wildman–Crippen LogP) is 3.40. The van der Waals surface area contributed by atoms with Crippen LogP contribution in [-0.4, -0.2) is 36.0 Å². The molecule has 0 aliphatic carbocycles. The summed E-state index contributed by atoms with van der Waals surface area (Å²) in [6.45, 7) is 8.68. The van der Waals surface area contributed by atoms with Gasteiger partial charge in [0.05, 0.1) is 17.2 Å². The molecule has 1 heterocycles. The Morgan fingerprint density at radius 2 is 2.17 bits per heavy atom. The molecule has 0 amide bonds. The zero-order valence-corrected chi connectivity index (χ0v) is 15.3. The van der Waals surface area contributed by atoms with Crippen LogP contribution in [0.3, 0.4) is 0 Å². The van der Waals surface area contributed by atoms with E-state index in [1.807, 2.05) is 6.92 Å². The molecule has 5 heteroatoms. The summed E-state index contributed by atoms with van der Waals surface area (Å²) >= 11 is 1.69. The molecule has 124 valence electrons. The summed E-state index contributed by atoms with van der Waals surface area (Å²) in [4.78, 5) is 11.4. The van der Waals surface area contributed by atoms with Crippen LogP contribution >= 0.6 is 11.3 Å². The summed E-state index contributed by atoms with van der Waals surface area (Å²) in [6.07, 6.45) is 0.959. The Labute approximate surface area is 143 Å². The number of thiazole rings is 1. The fraction of sp³-hybridized carbons (Fsp3) is 0.444. The molecule has 0 bridgehead atoms. The Kier molecular flexibility index (Phi) is 6.59. The summed E-state index contributed by atoms with van der Waals surface area (Å²) < 4.78 is 0. The summed E-state index contributed by atoms with van der Waals surface area (Å²) in [5.41, 5.74) is 3.73. The van der Waals surface area contributed by atoms with E-state index in [1.165, 1.54) is 11.1 Å². The zero-order valence-electron chi connectivity index (χ0n) is 14.5. The largest absolute Gasteiger partial charge is 0.357 e. The summed E-state index contributed by atoms with van der Waals surface area (Å²) in [6, 6.07) is 8.62. The molecule has 0 radical (unpaired) electrons. The number of aryl methyl sites for hydroxylation is 2. The number of hydrogen-bond acceptors (Lipinski definition) is 3. The lowest BCUT2D eigenvalue weighted by molar-refractivity contribution is 0.471. The van der Waals surface area contributed by atoms with Gasteiger partial charge in [0, 0.05) is 25.5 Å². The van der Waals surface area contributed by atoms with Gasteiger partial charge in [-0.1, -0.05) is 29.8 Å². The molecule has 0 saturated heterocycles. The SMILES string of the molecule is CCNC(=NCCc1cccc(C)c1)N(C)Cc1csc(C)n1. The number of benzene rings is 1. The normalized spacial score (nSPS) is 11.6. The Balaban J connectivity index is 1.95. The highest BCUT2D eigenvalue weighted by molar-refractivity contribution is 7.09. The van der Waals surface area contributed by atoms with E-state index in [-0.39, 0.29) is 0 Å². The van der Waals surface area contributed by atoms with Crippen LogP contribution in [0.2, 0.25) is 0 Å². The third kappa shape index (κ3) is 5.67. The molecule has 0 aliphatic heterocycles. The van der Waals surface area contributed by atoms with Crippen molar-refractivity contribution in [2.24, 2.45) is 4.99 Å². The Morgan fingerprint density at radius 3 is 2.83 bits per heavy atom. The lowest BCUT2D eigenvalue weighted by Crippen LogP contribution is -2.38. The molecule has 23 heavy (non-hydrogen) atoms. The van der Waals surface area contributed by atoms with Crippen molar-refractivity contribution < 1.29 is 0 Å².